The number of nitrogens with zero attached hydrogens (tertiary/aromatic N) is 1. The van der Waals surface area contributed by atoms with Gasteiger partial charge in [0.1, 0.15) is 0 Å². The maximum atomic E-state index is 3.81. The van der Waals surface area contributed by atoms with E-state index in [1.54, 1.807) is 0 Å². The SMILES string of the molecule is CC1CCC(C)C(NCc2ccccc2CN(C)C)C1. The standard InChI is InChI=1S/C18H30N2/c1-14-9-10-15(2)18(11-14)19-12-16-7-5-6-8-17(16)13-20(3)4/h5-8,14-15,18-19H,9-13H2,1-4H3. The highest BCUT2D eigenvalue weighted by Crippen LogP contribution is 2.28. The molecule has 0 saturated heterocycles. The van der Waals surface area contributed by atoms with E-state index < -0.39 is 0 Å². The van der Waals surface area contributed by atoms with E-state index >= 15 is 0 Å². The summed E-state index contributed by atoms with van der Waals surface area (Å²) in [6, 6.07) is 9.51. The third-order valence-electron chi connectivity index (χ3n) is 4.62. The lowest BCUT2D eigenvalue weighted by Crippen LogP contribution is -2.39. The highest BCUT2D eigenvalue weighted by molar-refractivity contribution is 5.27. The maximum absolute atomic E-state index is 3.81. The monoisotopic (exact) mass is 274 g/mol. The largest absolute Gasteiger partial charge is 0.310 e. The average molecular weight is 274 g/mol. The fourth-order valence-electron chi connectivity index (χ4n) is 3.28. The minimum Gasteiger partial charge on any atom is -0.310 e. The molecule has 2 heteroatoms. The second-order valence-corrected chi connectivity index (χ2v) is 6.89. The number of nitrogens with one attached hydrogen (secondary N) is 1. The second-order valence-electron chi connectivity index (χ2n) is 6.89. The van der Waals surface area contributed by atoms with Gasteiger partial charge in [0.25, 0.3) is 0 Å². The maximum Gasteiger partial charge on any atom is 0.0230 e. The van der Waals surface area contributed by atoms with Crippen LogP contribution < -0.4 is 5.32 Å². The van der Waals surface area contributed by atoms with E-state index in [1.807, 2.05) is 0 Å². The molecular weight excluding hydrogens is 244 g/mol. The first kappa shape index (κ1) is 15.5. The summed E-state index contributed by atoms with van der Waals surface area (Å²) in [7, 11) is 4.27. The molecular formula is C18H30N2. The molecule has 1 aromatic carbocycles. The summed E-state index contributed by atoms with van der Waals surface area (Å²) in [5, 5.41) is 3.81. The normalized spacial score (nSPS) is 26.9. The summed E-state index contributed by atoms with van der Waals surface area (Å²) < 4.78 is 0. The van der Waals surface area contributed by atoms with Gasteiger partial charge >= 0.3 is 0 Å². The third-order valence-corrected chi connectivity index (χ3v) is 4.62. The van der Waals surface area contributed by atoms with Crippen molar-refractivity contribution in [3.8, 4) is 0 Å². The molecule has 0 spiro atoms. The Morgan fingerprint density at radius 3 is 2.50 bits per heavy atom. The van der Waals surface area contributed by atoms with Gasteiger partial charge in [0, 0.05) is 19.1 Å². The Balaban J connectivity index is 1.96. The highest BCUT2D eigenvalue weighted by atomic mass is 15.0. The van der Waals surface area contributed by atoms with Crippen LogP contribution in [0.3, 0.4) is 0 Å². The van der Waals surface area contributed by atoms with Crippen LogP contribution in [0.4, 0.5) is 0 Å². The first-order valence-electron chi connectivity index (χ1n) is 8.01. The molecule has 2 nitrogen and oxygen atoms in total. The summed E-state index contributed by atoms with van der Waals surface area (Å²) in [5.74, 6) is 1.69. The van der Waals surface area contributed by atoms with Crippen molar-refractivity contribution < 1.29 is 0 Å². The molecule has 0 bridgehead atoms. The topological polar surface area (TPSA) is 15.3 Å². The lowest BCUT2D eigenvalue weighted by atomic mass is 9.80. The van der Waals surface area contributed by atoms with Gasteiger partial charge in [-0.25, -0.2) is 0 Å². The van der Waals surface area contributed by atoms with Crippen LogP contribution in [0.25, 0.3) is 0 Å². The van der Waals surface area contributed by atoms with Crippen LogP contribution in [-0.2, 0) is 13.1 Å². The first-order valence-corrected chi connectivity index (χ1v) is 8.01. The lowest BCUT2D eigenvalue weighted by Gasteiger charge is -2.33. The fourth-order valence-corrected chi connectivity index (χ4v) is 3.28. The molecule has 1 aliphatic rings. The van der Waals surface area contributed by atoms with Gasteiger partial charge in [-0.15, -0.1) is 0 Å². The zero-order chi connectivity index (χ0) is 14.5. The van der Waals surface area contributed by atoms with Gasteiger partial charge in [0.05, 0.1) is 0 Å². The Kier molecular flexibility index (Phi) is 5.62. The Bertz CT molecular complexity index is 414. The molecule has 1 fully saturated rings. The van der Waals surface area contributed by atoms with E-state index in [0.29, 0.717) is 6.04 Å². The number of rotatable bonds is 5. The number of benzene rings is 1. The molecule has 1 aromatic rings. The van der Waals surface area contributed by atoms with E-state index in [1.165, 1.54) is 30.4 Å². The molecule has 0 heterocycles. The Hall–Kier alpha value is -0.860. The molecule has 1 aliphatic carbocycles. The van der Waals surface area contributed by atoms with E-state index in [2.05, 4.69) is 62.4 Å². The minimum atomic E-state index is 0.686. The van der Waals surface area contributed by atoms with E-state index in [-0.39, 0.29) is 0 Å². The smallest absolute Gasteiger partial charge is 0.0230 e. The van der Waals surface area contributed by atoms with Crippen molar-refractivity contribution in [3.63, 3.8) is 0 Å². The number of hydrogen-bond donors (Lipinski definition) is 1. The van der Waals surface area contributed by atoms with Crippen molar-refractivity contribution in [1.29, 1.82) is 0 Å². The van der Waals surface area contributed by atoms with Crippen molar-refractivity contribution in [2.24, 2.45) is 11.8 Å². The van der Waals surface area contributed by atoms with Crippen LogP contribution in [0.1, 0.15) is 44.2 Å². The van der Waals surface area contributed by atoms with Crippen LogP contribution in [0.5, 0.6) is 0 Å². The summed E-state index contributed by atoms with van der Waals surface area (Å²) >= 11 is 0. The molecule has 1 saturated carbocycles. The van der Waals surface area contributed by atoms with E-state index in [0.717, 1.165) is 24.9 Å². The third kappa shape index (κ3) is 4.32. The summed E-state index contributed by atoms with van der Waals surface area (Å²) in [5.41, 5.74) is 2.90. The fraction of sp³-hybridized carbons (Fsp3) is 0.667. The Morgan fingerprint density at radius 2 is 1.80 bits per heavy atom. The lowest BCUT2D eigenvalue weighted by molar-refractivity contribution is 0.227. The Morgan fingerprint density at radius 1 is 1.10 bits per heavy atom. The highest BCUT2D eigenvalue weighted by Gasteiger charge is 2.24. The van der Waals surface area contributed by atoms with Crippen molar-refractivity contribution in [2.75, 3.05) is 14.1 Å². The van der Waals surface area contributed by atoms with E-state index in [9.17, 15) is 0 Å². The molecule has 20 heavy (non-hydrogen) atoms. The van der Waals surface area contributed by atoms with Crippen molar-refractivity contribution in [3.05, 3.63) is 35.4 Å². The van der Waals surface area contributed by atoms with Crippen molar-refractivity contribution in [1.82, 2.24) is 10.2 Å². The molecule has 0 aliphatic heterocycles. The van der Waals surface area contributed by atoms with Crippen LogP contribution >= 0.6 is 0 Å². The van der Waals surface area contributed by atoms with Gasteiger partial charge in [-0.05, 0) is 49.9 Å². The van der Waals surface area contributed by atoms with Gasteiger partial charge in [0.2, 0.25) is 0 Å². The first-order chi connectivity index (χ1) is 9.56. The van der Waals surface area contributed by atoms with Crippen molar-refractivity contribution >= 4 is 0 Å². The van der Waals surface area contributed by atoms with Gasteiger partial charge in [-0.2, -0.15) is 0 Å². The van der Waals surface area contributed by atoms with Crippen LogP contribution in [0.15, 0.2) is 24.3 Å². The average Bonchev–Trinajstić information content (AvgIpc) is 2.41. The molecule has 3 unspecified atom stereocenters. The van der Waals surface area contributed by atoms with Crippen LogP contribution in [-0.4, -0.2) is 25.0 Å². The van der Waals surface area contributed by atoms with Crippen LogP contribution in [0.2, 0.25) is 0 Å². The molecule has 1 N–H and O–H groups in total. The number of hydrogen-bond acceptors (Lipinski definition) is 2. The summed E-state index contributed by atoms with van der Waals surface area (Å²) in [6.45, 7) is 6.82. The zero-order valence-electron chi connectivity index (χ0n) is 13.5. The van der Waals surface area contributed by atoms with Gasteiger partial charge < -0.3 is 10.2 Å². The second kappa shape index (κ2) is 7.24. The van der Waals surface area contributed by atoms with Gasteiger partial charge in [-0.3, -0.25) is 0 Å². The molecule has 0 amide bonds. The zero-order valence-corrected chi connectivity index (χ0v) is 13.5. The predicted molar refractivity (Wildman–Crippen MR) is 86.6 cm³/mol. The molecule has 0 aromatic heterocycles. The predicted octanol–water partition coefficient (Wildman–Crippen LogP) is 3.66. The molecule has 0 radical (unpaired) electrons. The Labute approximate surface area is 124 Å². The molecule has 3 atom stereocenters. The molecule has 2 rings (SSSR count). The quantitative estimate of drug-likeness (QED) is 0.881. The molecule has 112 valence electrons. The van der Waals surface area contributed by atoms with Gasteiger partial charge in [-0.1, -0.05) is 44.5 Å². The van der Waals surface area contributed by atoms with Gasteiger partial charge in [0.15, 0.2) is 0 Å². The van der Waals surface area contributed by atoms with Crippen molar-refractivity contribution in [2.45, 2.75) is 52.2 Å². The van der Waals surface area contributed by atoms with Crippen LogP contribution in [0, 0.1) is 11.8 Å². The van der Waals surface area contributed by atoms with E-state index in [4.69, 9.17) is 0 Å². The summed E-state index contributed by atoms with van der Waals surface area (Å²) in [6.07, 6.45) is 4.10. The summed E-state index contributed by atoms with van der Waals surface area (Å²) in [4.78, 5) is 2.24. The minimum absolute atomic E-state index is 0.686.